The lowest BCUT2D eigenvalue weighted by Gasteiger charge is -2.02. The van der Waals surface area contributed by atoms with Gasteiger partial charge in [-0.2, -0.15) is 5.10 Å². The Balaban J connectivity index is 2.42. The zero-order valence-electron chi connectivity index (χ0n) is 9.66. The Bertz CT molecular complexity index is 382. The average Bonchev–Trinajstić information content (AvgIpc) is 2.25. The Labute approximate surface area is 95.5 Å². The fourth-order valence-corrected chi connectivity index (χ4v) is 1.29. The van der Waals surface area contributed by atoms with Crippen molar-refractivity contribution in [1.29, 1.82) is 0 Å². The maximum Gasteiger partial charge on any atom is 0.332 e. The van der Waals surface area contributed by atoms with Crippen molar-refractivity contribution in [2.75, 3.05) is 0 Å². The Hall–Kier alpha value is -1.84. The van der Waals surface area contributed by atoms with Crippen molar-refractivity contribution in [2.45, 2.75) is 26.7 Å². The fraction of sp³-hybridized carbons (Fsp3) is 0.333. The summed E-state index contributed by atoms with van der Waals surface area (Å²) in [5.74, 6) is 0. The van der Waals surface area contributed by atoms with E-state index in [1.807, 2.05) is 6.92 Å². The topological polar surface area (TPSA) is 67.5 Å². The number of benzene rings is 1. The quantitative estimate of drug-likeness (QED) is 0.590. The number of carbonyl (C=O) groups is 1. The number of hydrogen-bond donors (Lipinski definition) is 2. The van der Waals surface area contributed by atoms with Crippen molar-refractivity contribution in [3.8, 4) is 0 Å². The van der Waals surface area contributed by atoms with E-state index in [1.54, 1.807) is 0 Å². The number of amides is 2. The third kappa shape index (κ3) is 4.59. The molecule has 4 heteroatoms. The predicted molar refractivity (Wildman–Crippen MR) is 65.3 cm³/mol. The molecule has 0 saturated carbocycles. The van der Waals surface area contributed by atoms with E-state index in [2.05, 4.69) is 41.7 Å². The van der Waals surface area contributed by atoms with Crippen LogP contribution in [0.5, 0.6) is 0 Å². The van der Waals surface area contributed by atoms with Crippen molar-refractivity contribution in [3.63, 3.8) is 0 Å². The van der Waals surface area contributed by atoms with E-state index in [0.29, 0.717) is 0 Å². The Morgan fingerprint density at radius 3 is 2.56 bits per heavy atom. The predicted octanol–water partition coefficient (Wildman–Crippen LogP) is 1.97. The van der Waals surface area contributed by atoms with Gasteiger partial charge in [0, 0.05) is 5.71 Å². The summed E-state index contributed by atoms with van der Waals surface area (Å²) in [5, 5.41) is 3.85. The highest BCUT2D eigenvalue weighted by Gasteiger charge is 1.96. The fourth-order valence-electron chi connectivity index (χ4n) is 1.29. The number of nitrogens with one attached hydrogen (secondary N) is 1. The van der Waals surface area contributed by atoms with E-state index in [4.69, 9.17) is 5.73 Å². The van der Waals surface area contributed by atoms with Crippen LogP contribution in [0.15, 0.2) is 29.4 Å². The lowest BCUT2D eigenvalue weighted by Crippen LogP contribution is -2.25. The molecule has 0 radical (unpaired) electrons. The van der Waals surface area contributed by atoms with Crippen LogP contribution in [0.3, 0.4) is 0 Å². The summed E-state index contributed by atoms with van der Waals surface area (Å²) < 4.78 is 0. The highest BCUT2D eigenvalue weighted by molar-refractivity contribution is 5.83. The molecule has 3 N–H and O–H groups in total. The van der Waals surface area contributed by atoms with Crippen LogP contribution in [0.1, 0.15) is 24.5 Å². The number of nitrogens with zero attached hydrogens (tertiary/aromatic N) is 1. The van der Waals surface area contributed by atoms with Crippen molar-refractivity contribution in [2.24, 2.45) is 10.8 Å². The van der Waals surface area contributed by atoms with Gasteiger partial charge in [-0.1, -0.05) is 29.8 Å². The summed E-state index contributed by atoms with van der Waals surface area (Å²) in [6.07, 6.45) is 1.72. The molecule has 16 heavy (non-hydrogen) atoms. The molecule has 0 spiro atoms. The van der Waals surface area contributed by atoms with Gasteiger partial charge in [-0.15, -0.1) is 0 Å². The molecule has 0 saturated heterocycles. The third-order valence-electron chi connectivity index (χ3n) is 2.25. The molecule has 1 aromatic rings. The number of carbonyl (C=O) groups excluding carboxylic acids is 1. The Morgan fingerprint density at radius 2 is 2.00 bits per heavy atom. The maximum absolute atomic E-state index is 10.4. The minimum absolute atomic E-state index is 0.630. The molecule has 4 nitrogen and oxygen atoms in total. The van der Waals surface area contributed by atoms with Crippen molar-refractivity contribution < 1.29 is 4.79 Å². The summed E-state index contributed by atoms with van der Waals surface area (Å²) in [4.78, 5) is 10.4. The first kappa shape index (κ1) is 12.2. The number of urea groups is 1. The van der Waals surface area contributed by atoms with Gasteiger partial charge in [0.05, 0.1) is 0 Å². The summed E-state index contributed by atoms with van der Waals surface area (Å²) in [6.45, 7) is 3.93. The summed E-state index contributed by atoms with van der Waals surface area (Å²) in [5.41, 5.74) is 10.5. The molecule has 0 bridgehead atoms. The summed E-state index contributed by atoms with van der Waals surface area (Å²) in [6, 6.07) is 7.75. The molecular formula is C12H17N3O. The van der Waals surface area contributed by atoms with Crippen LogP contribution in [-0.2, 0) is 6.42 Å². The second kappa shape index (κ2) is 5.90. The van der Waals surface area contributed by atoms with Gasteiger partial charge in [0.15, 0.2) is 0 Å². The van der Waals surface area contributed by atoms with Gasteiger partial charge < -0.3 is 5.73 Å². The number of nitrogens with two attached hydrogens (primary N) is 1. The first-order valence-electron chi connectivity index (χ1n) is 5.22. The van der Waals surface area contributed by atoms with Gasteiger partial charge in [0.2, 0.25) is 0 Å². The van der Waals surface area contributed by atoms with Gasteiger partial charge in [-0.25, -0.2) is 10.2 Å². The standard InChI is InChI=1S/C12H17N3O/c1-9-3-6-11(7-4-9)8-5-10(2)14-15-12(13)16/h3-4,6-7H,5,8H2,1-2H3,(H3,13,15,16). The number of aryl methyl sites for hydroxylation is 2. The molecular weight excluding hydrogens is 202 g/mol. The first-order valence-corrected chi connectivity index (χ1v) is 5.22. The molecule has 0 atom stereocenters. The highest BCUT2D eigenvalue weighted by Crippen LogP contribution is 2.06. The van der Waals surface area contributed by atoms with E-state index in [-0.39, 0.29) is 0 Å². The summed E-state index contributed by atoms with van der Waals surface area (Å²) >= 11 is 0. The van der Waals surface area contributed by atoms with Crippen LogP contribution in [0, 0.1) is 6.92 Å². The smallest absolute Gasteiger partial charge is 0.332 e. The monoisotopic (exact) mass is 219 g/mol. The molecule has 1 rings (SSSR count). The zero-order valence-corrected chi connectivity index (χ0v) is 9.66. The lowest BCUT2D eigenvalue weighted by molar-refractivity contribution is 0.249. The van der Waals surface area contributed by atoms with Gasteiger partial charge in [-0.3, -0.25) is 0 Å². The molecule has 0 aliphatic carbocycles. The van der Waals surface area contributed by atoms with Crippen molar-refractivity contribution in [1.82, 2.24) is 5.43 Å². The van der Waals surface area contributed by atoms with Crippen LogP contribution < -0.4 is 11.2 Å². The zero-order chi connectivity index (χ0) is 12.0. The van der Waals surface area contributed by atoms with Crippen LogP contribution in [0.25, 0.3) is 0 Å². The largest absolute Gasteiger partial charge is 0.350 e. The molecule has 0 heterocycles. The molecule has 86 valence electrons. The second-order valence-electron chi connectivity index (χ2n) is 3.81. The molecule has 0 aliphatic rings. The van der Waals surface area contributed by atoms with E-state index >= 15 is 0 Å². The minimum Gasteiger partial charge on any atom is -0.350 e. The molecule has 0 aliphatic heterocycles. The molecule has 0 unspecified atom stereocenters. The second-order valence-corrected chi connectivity index (χ2v) is 3.81. The Morgan fingerprint density at radius 1 is 1.38 bits per heavy atom. The molecule has 0 fully saturated rings. The average molecular weight is 219 g/mol. The van der Waals surface area contributed by atoms with E-state index in [1.165, 1.54) is 11.1 Å². The van der Waals surface area contributed by atoms with Gasteiger partial charge in [0.25, 0.3) is 0 Å². The number of hydrogen-bond acceptors (Lipinski definition) is 2. The maximum atomic E-state index is 10.4. The van der Waals surface area contributed by atoms with E-state index < -0.39 is 6.03 Å². The Kier molecular flexibility index (Phi) is 4.51. The van der Waals surface area contributed by atoms with Crippen LogP contribution in [0.2, 0.25) is 0 Å². The van der Waals surface area contributed by atoms with Gasteiger partial charge in [0.1, 0.15) is 0 Å². The molecule has 0 aromatic heterocycles. The normalized spacial score (nSPS) is 11.2. The SMILES string of the molecule is CC(CCc1ccc(C)cc1)=NNC(N)=O. The van der Waals surface area contributed by atoms with Crippen LogP contribution in [-0.4, -0.2) is 11.7 Å². The van der Waals surface area contributed by atoms with Gasteiger partial charge in [-0.05, 0) is 32.3 Å². The van der Waals surface area contributed by atoms with E-state index in [9.17, 15) is 4.79 Å². The van der Waals surface area contributed by atoms with Crippen LogP contribution >= 0.6 is 0 Å². The summed E-state index contributed by atoms with van der Waals surface area (Å²) in [7, 11) is 0. The molecule has 1 aromatic carbocycles. The van der Waals surface area contributed by atoms with Crippen molar-refractivity contribution in [3.05, 3.63) is 35.4 Å². The highest BCUT2D eigenvalue weighted by atomic mass is 16.2. The van der Waals surface area contributed by atoms with Gasteiger partial charge >= 0.3 is 6.03 Å². The minimum atomic E-state index is -0.630. The third-order valence-corrected chi connectivity index (χ3v) is 2.25. The lowest BCUT2D eigenvalue weighted by atomic mass is 10.1. The first-order chi connectivity index (χ1) is 7.58. The number of hydrazone groups is 1. The molecule has 2 amide bonds. The van der Waals surface area contributed by atoms with E-state index in [0.717, 1.165) is 18.6 Å². The van der Waals surface area contributed by atoms with Crippen LogP contribution in [0.4, 0.5) is 4.79 Å². The number of primary amides is 1. The number of rotatable bonds is 4. The van der Waals surface area contributed by atoms with Crippen molar-refractivity contribution >= 4 is 11.7 Å².